The molecule has 3 N–H and O–H groups in total. The van der Waals surface area contributed by atoms with Gasteiger partial charge < -0.3 is 24.5 Å². The number of hydrogen-bond donors (Lipinski definition) is 3. The molecule has 82 valence electrons. The van der Waals surface area contributed by atoms with Crippen LogP contribution in [0.3, 0.4) is 0 Å². The Morgan fingerprint density at radius 1 is 1.00 bits per heavy atom. The summed E-state index contributed by atoms with van der Waals surface area (Å²) in [6.45, 7) is -2.86. The molecule has 0 saturated heterocycles. The summed E-state index contributed by atoms with van der Waals surface area (Å²) in [5.41, 5.74) is 0. The van der Waals surface area contributed by atoms with Crippen LogP contribution >= 0.6 is 0 Å². The molecule has 10 heteroatoms. The lowest BCUT2D eigenvalue weighted by Gasteiger charge is -1.96. The first-order valence-corrected chi connectivity index (χ1v) is 2.95. The van der Waals surface area contributed by atoms with Crippen LogP contribution in [0.4, 0.5) is 8.78 Å². The van der Waals surface area contributed by atoms with E-state index >= 15 is 0 Å². The largest absolute Gasteiger partial charge is 0.631 e. The smallest absolute Gasteiger partial charge is 0.425 e. The first kappa shape index (κ1) is 15.2. The third-order valence-electron chi connectivity index (χ3n) is 0.538. The molecular weight excluding hydrogens is 209 g/mol. The highest BCUT2D eigenvalue weighted by molar-refractivity contribution is 6.30. The van der Waals surface area contributed by atoms with Crippen LogP contribution < -0.4 is 0 Å². The molecule has 0 rings (SSSR count). The molecule has 0 aromatic rings. The number of esters is 2. The van der Waals surface area contributed by atoms with E-state index in [9.17, 15) is 18.4 Å². The topological polar surface area (TPSA) is 113 Å². The Hall–Kier alpha value is -1.26. The second kappa shape index (κ2) is 9.83. The first-order chi connectivity index (χ1) is 6.45. The Labute approximate surface area is 77.0 Å². The lowest BCUT2D eigenvalue weighted by atomic mass is 10.3. The fourth-order valence-electron chi connectivity index (χ4n) is 0.217. The molecule has 0 aliphatic carbocycles. The number of carbonyl (C=O) groups excluding carboxylic acids is 2. The van der Waals surface area contributed by atoms with Crippen LogP contribution in [0.1, 0.15) is 0 Å². The predicted molar refractivity (Wildman–Crippen MR) is 36.5 cm³/mol. The van der Waals surface area contributed by atoms with Crippen molar-refractivity contribution in [2.45, 2.75) is 0 Å². The lowest BCUT2D eigenvalue weighted by molar-refractivity contribution is -0.172. The highest BCUT2D eigenvalue weighted by Crippen LogP contribution is 1.84. The van der Waals surface area contributed by atoms with Gasteiger partial charge in [-0.3, -0.25) is 0 Å². The summed E-state index contributed by atoms with van der Waals surface area (Å²) in [6, 6.07) is 0. The quantitative estimate of drug-likeness (QED) is 0.274. The van der Waals surface area contributed by atoms with E-state index in [1.807, 2.05) is 0 Å². The van der Waals surface area contributed by atoms with Gasteiger partial charge in [-0.25, -0.2) is 18.4 Å². The molecular formula is C4H7BF2O7. The third-order valence-corrected chi connectivity index (χ3v) is 0.538. The molecule has 0 aliphatic heterocycles. The van der Waals surface area contributed by atoms with Crippen LogP contribution in [0.25, 0.3) is 0 Å². The zero-order chi connectivity index (χ0) is 11.6. The summed E-state index contributed by atoms with van der Waals surface area (Å²) in [7, 11) is -2.17. The molecule has 0 aromatic heterocycles. The van der Waals surface area contributed by atoms with Crippen LogP contribution in [0.15, 0.2) is 0 Å². The van der Waals surface area contributed by atoms with Gasteiger partial charge in [-0.15, -0.1) is 0 Å². The van der Waals surface area contributed by atoms with E-state index in [2.05, 4.69) is 9.47 Å². The van der Waals surface area contributed by atoms with Crippen molar-refractivity contribution in [3.05, 3.63) is 0 Å². The maximum atomic E-state index is 11.1. The van der Waals surface area contributed by atoms with E-state index in [1.54, 1.807) is 0 Å². The molecule has 0 saturated carbocycles. The lowest BCUT2D eigenvalue weighted by Crippen LogP contribution is -2.19. The fourth-order valence-corrected chi connectivity index (χ4v) is 0.217. The van der Waals surface area contributed by atoms with Gasteiger partial charge in [0, 0.05) is 0 Å². The van der Waals surface area contributed by atoms with Crippen molar-refractivity contribution in [3.8, 4) is 0 Å². The second-order valence-electron chi connectivity index (χ2n) is 1.43. The predicted octanol–water partition coefficient (Wildman–Crippen LogP) is -2.12. The maximum Gasteiger partial charge on any atom is 0.631 e. The minimum Gasteiger partial charge on any atom is -0.425 e. The number of ether oxygens (including phenoxy) is 2. The minimum absolute atomic E-state index is 1.43. The van der Waals surface area contributed by atoms with Gasteiger partial charge in [-0.1, -0.05) is 0 Å². The van der Waals surface area contributed by atoms with Crippen molar-refractivity contribution in [1.82, 2.24) is 0 Å². The van der Waals surface area contributed by atoms with Gasteiger partial charge in [0.05, 0.1) is 0 Å². The molecule has 0 radical (unpaired) electrons. The maximum absolute atomic E-state index is 11.1. The molecule has 7 nitrogen and oxygen atoms in total. The molecule has 0 unspecified atom stereocenters. The average molecular weight is 216 g/mol. The Bertz CT molecular complexity index is 156. The van der Waals surface area contributed by atoms with Gasteiger partial charge >= 0.3 is 19.3 Å². The molecule has 0 bridgehead atoms. The van der Waals surface area contributed by atoms with Crippen LogP contribution in [-0.4, -0.2) is 48.1 Å². The standard InChI is InChI=1S/C4H4F2O4.BH3O3/c5-1-9-3(7)4(8)10-2-6;2-1(3)4/h1-2H2;2-4H. The summed E-state index contributed by atoms with van der Waals surface area (Å²) in [6.07, 6.45) is 0. The van der Waals surface area contributed by atoms with E-state index in [0.29, 0.717) is 0 Å². The monoisotopic (exact) mass is 216 g/mol. The van der Waals surface area contributed by atoms with Gasteiger partial charge in [0.2, 0.25) is 13.7 Å². The highest BCUT2D eigenvalue weighted by atomic mass is 19.1. The van der Waals surface area contributed by atoms with Crippen molar-refractivity contribution in [2.75, 3.05) is 13.7 Å². The van der Waals surface area contributed by atoms with Crippen molar-refractivity contribution >= 4 is 19.3 Å². The van der Waals surface area contributed by atoms with Gasteiger partial charge in [0.1, 0.15) is 0 Å². The highest BCUT2D eigenvalue weighted by Gasteiger charge is 2.16. The zero-order valence-electron chi connectivity index (χ0n) is 6.72. The number of carbonyl (C=O) groups is 2. The summed E-state index contributed by atoms with van der Waals surface area (Å²) in [5.74, 6) is -3.08. The Kier molecular flexibility index (Phi) is 10.7. The van der Waals surface area contributed by atoms with Crippen molar-refractivity contribution in [2.24, 2.45) is 0 Å². The molecule has 0 aromatic carbocycles. The number of alkyl halides is 2. The SMILES string of the molecule is O=C(OCF)C(=O)OCF.OB(O)O. The number of halogens is 2. The summed E-state index contributed by atoms with van der Waals surface area (Å²) >= 11 is 0. The average Bonchev–Trinajstić information content (AvgIpc) is 2.04. The first-order valence-electron chi connectivity index (χ1n) is 2.95. The zero-order valence-corrected chi connectivity index (χ0v) is 6.72. The number of hydrogen-bond acceptors (Lipinski definition) is 7. The van der Waals surface area contributed by atoms with E-state index in [1.165, 1.54) is 0 Å². The van der Waals surface area contributed by atoms with E-state index in [4.69, 9.17) is 15.1 Å². The molecule has 0 amide bonds. The van der Waals surface area contributed by atoms with E-state index in [-0.39, 0.29) is 0 Å². The summed E-state index contributed by atoms with van der Waals surface area (Å²) < 4.78 is 29.2. The van der Waals surface area contributed by atoms with Crippen LogP contribution in [-0.2, 0) is 19.1 Å². The molecule has 0 atom stereocenters. The molecule has 14 heavy (non-hydrogen) atoms. The van der Waals surface area contributed by atoms with E-state index < -0.39 is 33.0 Å². The fraction of sp³-hybridized carbons (Fsp3) is 0.500. The van der Waals surface area contributed by atoms with Crippen molar-refractivity contribution in [1.29, 1.82) is 0 Å². The van der Waals surface area contributed by atoms with Gasteiger partial charge in [-0.05, 0) is 0 Å². The van der Waals surface area contributed by atoms with Gasteiger partial charge in [-0.2, -0.15) is 0 Å². The van der Waals surface area contributed by atoms with Crippen molar-refractivity contribution < 1.29 is 42.9 Å². The molecule has 0 aliphatic rings. The molecule has 0 spiro atoms. The third kappa shape index (κ3) is 13.3. The summed E-state index contributed by atoms with van der Waals surface area (Å²) in [4.78, 5) is 20.1. The Morgan fingerprint density at radius 3 is 1.36 bits per heavy atom. The van der Waals surface area contributed by atoms with Gasteiger partial charge in [0.15, 0.2) is 0 Å². The number of rotatable bonds is 2. The minimum atomic E-state index is -2.17. The Morgan fingerprint density at radius 2 is 1.21 bits per heavy atom. The van der Waals surface area contributed by atoms with E-state index in [0.717, 1.165) is 0 Å². The van der Waals surface area contributed by atoms with Crippen LogP contribution in [0.5, 0.6) is 0 Å². The molecule has 0 heterocycles. The second-order valence-corrected chi connectivity index (χ2v) is 1.43. The van der Waals surface area contributed by atoms with Crippen LogP contribution in [0.2, 0.25) is 0 Å². The summed E-state index contributed by atoms with van der Waals surface area (Å²) in [5, 5.41) is 21.5. The normalized spacial score (nSPS) is 8.07. The van der Waals surface area contributed by atoms with Gasteiger partial charge in [0.25, 0.3) is 0 Å². The Balaban J connectivity index is 0. The molecule has 0 fully saturated rings. The van der Waals surface area contributed by atoms with Crippen LogP contribution in [0, 0.1) is 0 Å². The van der Waals surface area contributed by atoms with Crippen molar-refractivity contribution in [3.63, 3.8) is 0 Å².